The number of hydrogen-bond donors (Lipinski definition) is 2. The lowest BCUT2D eigenvalue weighted by atomic mass is 10.1. The number of aromatic nitrogens is 3. The second-order valence-corrected chi connectivity index (χ2v) is 8.76. The van der Waals surface area contributed by atoms with Gasteiger partial charge in [-0.05, 0) is 31.0 Å². The van der Waals surface area contributed by atoms with Gasteiger partial charge in [-0.25, -0.2) is 14.4 Å². The molecular formula is C24H29FN6O2. The van der Waals surface area contributed by atoms with Gasteiger partial charge in [0.1, 0.15) is 11.3 Å². The highest BCUT2D eigenvalue weighted by Crippen LogP contribution is 2.28. The predicted molar refractivity (Wildman–Crippen MR) is 125 cm³/mol. The van der Waals surface area contributed by atoms with Crippen LogP contribution >= 0.6 is 0 Å². The maximum absolute atomic E-state index is 14.4. The number of aliphatic hydroxyl groups excluding tert-OH is 1. The molecule has 2 aliphatic rings. The van der Waals surface area contributed by atoms with Gasteiger partial charge in [-0.15, -0.1) is 0 Å². The van der Waals surface area contributed by atoms with Crippen LogP contribution in [0.1, 0.15) is 23.2 Å². The van der Waals surface area contributed by atoms with Crippen LogP contribution in [0.25, 0.3) is 11.0 Å². The minimum Gasteiger partial charge on any atom is -0.392 e. The summed E-state index contributed by atoms with van der Waals surface area (Å²) in [5.41, 5.74) is 3.75. The third-order valence-electron chi connectivity index (χ3n) is 6.31. The Balaban J connectivity index is 1.33. The molecule has 9 heteroatoms. The maximum Gasteiger partial charge on any atom is 0.172 e. The summed E-state index contributed by atoms with van der Waals surface area (Å²) >= 11 is 0. The van der Waals surface area contributed by atoms with E-state index in [-0.39, 0.29) is 18.5 Å². The second-order valence-electron chi connectivity index (χ2n) is 8.76. The number of halogens is 1. The molecule has 2 aliphatic heterocycles. The zero-order chi connectivity index (χ0) is 22.8. The highest BCUT2D eigenvalue weighted by molar-refractivity contribution is 5.80. The van der Waals surface area contributed by atoms with E-state index in [0.717, 1.165) is 67.6 Å². The molecule has 0 radical (unpaired) electrons. The van der Waals surface area contributed by atoms with Crippen LogP contribution in [0, 0.1) is 12.7 Å². The Morgan fingerprint density at radius 2 is 2.00 bits per heavy atom. The predicted octanol–water partition coefficient (Wildman–Crippen LogP) is 2.49. The van der Waals surface area contributed by atoms with Gasteiger partial charge in [0, 0.05) is 50.6 Å². The quantitative estimate of drug-likeness (QED) is 0.590. The minimum absolute atomic E-state index is 0.152. The Hall–Kier alpha value is -2.88. The molecule has 0 unspecified atom stereocenters. The number of pyridine rings is 1. The van der Waals surface area contributed by atoms with Crippen molar-refractivity contribution in [2.75, 3.05) is 49.6 Å². The number of benzene rings is 1. The molecule has 2 fully saturated rings. The lowest BCUT2D eigenvalue weighted by molar-refractivity contribution is 0.195. The number of anilines is 2. The second kappa shape index (κ2) is 9.54. The summed E-state index contributed by atoms with van der Waals surface area (Å²) in [5.74, 6) is 1.35. The molecule has 8 nitrogen and oxygen atoms in total. The maximum atomic E-state index is 14.4. The van der Waals surface area contributed by atoms with Crippen LogP contribution in [-0.2, 0) is 17.9 Å². The van der Waals surface area contributed by atoms with Gasteiger partial charge in [-0.2, -0.15) is 0 Å². The summed E-state index contributed by atoms with van der Waals surface area (Å²) < 4.78 is 19.9. The monoisotopic (exact) mass is 452 g/mol. The van der Waals surface area contributed by atoms with Crippen molar-refractivity contribution in [3.05, 3.63) is 53.1 Å². The van der Waals surface area contributed by atoms with E-state index in [0.29, 0.717) is 24.3 Å². The number of hydrogen-bond acceptors (Lipinski definition) is 8. The molecule has 0 bridgehead atoms. The molecule has 5 rings (SSSR count). The van der Waals surface area contributed by atoms with Crippen molar-refractivity contribution in [1.82, 2.24) is 19.9 Å². The van der Waals surface area contributed by atoms with Crippen LogP contribution in [0.5, 0.6) is 0 Å². The average molecular weight is 453 g/mol. The summed E-state index contributed by atoms with van der Waals surface area (Å²) in [4.78, 5) is 18.7. The Morgan fingerprint density at radius 3 is 2.73 bits per heavy atom. The van der Waals surface area contributed by atoms with Crippen molar-refractivity contribution in [3.63, 3.8) is 0 Å². The van der Waals surface area contributed by atoms with E-state index < -0.39 is 0 Å². The van der Waals surface area contributed by atoms with E-state index in [2.05, 4.69) is 20.1 Å². The van der Waals surface area contributed by atoms with Crippen LogP contribution < -0.4 is 10.2 Å². The first-order chi connectivity index (χ1) is 16.1. The first-order valence-electron chi connectivity index (χ1n) is 11.4. The molecule has 2 N–H and O–H groups in total. The molecule has 33 heavy (non-hydrogen) atoms. The molecule has 0 amide bonds. The topological polar surface area (TPSA) is 86.6 Å². The number of nitrogens with one attached hydrogen (secondary N) is 1. The van der Waals surface area contributed by atoms with Crippen LogP contribution in [-0.4, -0.2) is 70.4 Å². The largest absolute Gasteiger partial charge is 0.392 e. The highest BCUT2D eigenvalue weighted by Gasteiger charge is 2.25. The number of nitrogens with zero attached hydrogens (tertiary/aromatic N) is 5. The third kappa shape index (κ3) is 4.90. The summed E-state index contributed by atoms with van der Waals surface area (Å²) in [6, 6.07) is 7.14. The number of ether oxygens (including phenoxy) is 1. The Morgan fingerprint density at radius 1 is 1.15 bits per heavy atom. The standard InChI is InChI=1S/C24H29FN6O2/c1-16-10-21-22(12-26-16)29-24(23(28-21)27-19-4-9-33-15-19)31-7-5-30(6-8-31)13-18-3-2-17(14-32)11-20(18)25/h2-3,10-12,19,32H,4-9,13-15H2,1H3,(H,27,28)/t19-/m1/s1. The van der Waals surface area contributed by atoms with Gasteiger partial charge < -0.3 is 20.1 Å². The minimum atomic E-state index is -0.266. The van der Waals surface area contributed by atoms with Crippen LogP contribution in [0.15, 0.2) is 30.5 Å². The molecule has 3 aromatic rings. The fraction of sp³-hybridized carbons (Fsp3) is 0.458. The first-order valence-corrected chi connectivity index (χ1v) is 11.4. The van der Waals surface area contributed by atoms with Crippen molar-refractivity contribution in [1.29, 1.82) is 0 Å². The van der Waals surface area contributed by atoms with Gasteiger partial charge >= 0.3 is 0 Å². The van der Waals surface area contributed by atoms with Crippen molar-refractivity contribution in [3.8, 4) is 0 Å². The summed E-state index contributed by atoms with van der Waals surface area (Å²) in [6.07, 6.45) is 2.72. The number of fused-ring (bicyclic) bond motifs is 1. The Bertz CT molecular complexity index is 1130. The van der Waals surface area contributed by atoms with Gasteiger partial charge in [0.05, 0.1) is 31.0 Å². The van der Waals surface area contributed by atoms with Crippen LogP contribution in [0.2, 0.25) is 0 Å². The number of piperazine rings is 1. The zero-order valence-corrected chi connectivity index (χ0v) is 18.8. The van der Waals surface area contributed by atoms with E-state index in [1.807, 2.05) is 13.0 Å². The van der Waals surface area contributed by atoms with Crippen LogP contribution in [0.3, 0.4) is 0 Å². The Kier molecular flexibility index (Phi) is 6.34. The fourth-order valence-electron chi connectivity index (χ4n) is 4.39. The van der Waals surface area contributed by atoms with E-state index in [1.54, 1.807) is 18.3 Å². The van der Waals surface area contributed by atoms with E-state index in [4.69, 9.17) is 14.7 Å². The lowest BCUT2D eigenvalue weighted by Crippen LogP contribution is -2.46. The Labute approximate surface area is 192 Å². The molecular weight excluding hydrogens is 423 g/mol. The summed E-state index contributed by atoms with van der Waals surface area (Å²) in [6.45, 7) is 6.89. The van der Waals surface area contributed by atoms with Crippen molar-refractivity contribution < 1.29 is 14.2 Å². The molecule has 4 heterocycles. The first kappa shape index (κ1) is 21.9. The molecule has 0 aliphatic carbocycles. The summed E-state index contributed by atoms with van der Waals surface area (Å²) in [5, 5.41) is 12.7. The third-order valence-corrected chi connectivity index (χ3v) is 6.31. The molecule has 1 atom stereocenters. The van der Waals surface area contributed by atoms with Gasteiger partial charge in [0.2, 0.25) is 0 Å². The highest BCUT2D eigenvalue weighted by atomic mass is 19.1. The molecule has 1 aromatic carbocycles. The molecule has 2 aromatic heterocycles. The van der Waals surface area contributed by atoms with E-state index >= 15 is 0 Å². The lowest BCUT2D eigenvalue weighted by Gasteiger charge is -2.36. The summed E-state index contributed by atoms with van der Waals surface area (Å²) in [7, 11) is 0. The van der Waals surface area contributed by atoms with Crippen molar-refractivity contribution >= 4 is 22.7 Å². The molecule has 2 saturated heterocycles. The van der Waals surface area contributed by atoms with Gasteiger partial charge in [0.25, 0.3) is 0 Å². The zero-order valence-electron chi connectivity index (χ0n) is 18.8. The number of aliphatic hydroxyl groups is 1. The van der Waals surface area contributed by atoms with E-state index in [1.165, 1.54) is 6.07 Å². The SMILES string of the molecule is Cc1cc2nc(N[C@@H]3CCOC3)c(N3CCN(Cc4ccc(CO)cc4F)CC3)nc2cn1. The fourth-order valence-corrected chi connectivity index (χ4v) is 4.39. The number of rotatable bonds is 6. The van der Waals surface area contributed by atoms with Gasteiger partial charge in [-0.1, -0.05) is 12.1 Å². The van der Waals surface area contributed by atoms with Gasteiger partial charge in [-0.3, -0.25) is 9.88 Å². The normalized spacial score (nSPS) is 19.4. The van der Waals surface area contributed by atoms with Gasteiger partial charge in [0.15, 0.2) is 11.6 Å². The average Bonchev–Trinajstić information content (AvgIpc) is 3.33. The number of aryl methyl sites for hydroxylation is 1. The molecule has 0 saturated carbocycles. The van der Waals surface area contributed by atoms with Crippen molar-refractivity contribution in [2.45, 2.75) is 32.5 Å². The molecule has 0 spiro atoms. The van der Waals surface area contributed by atoms with Crippen LogP contribution in [0.4, 0.5) is 16.0 Å². The van der Waals surface area contributed by atoms with E-state index in [9.17, 15) is 9.50 Å². The molecule has 174 valence electrons. The van der Waals surface area contributed by atoms with Crippen molar-refractivity contribution in [2.24, 2.45) is 0 Å². The smallest absolute Gasteiger partial charge is 0.172 e.